The first-order valence-corrected chi connectivity index (χ1v) is 12.5. The van der Waals surface area contributed by atoms with Gasteiger partial charge in [-0.25, -0.2) is 0 Å². The molecule has 0 amide bonds. The number of benzene rings is 3. The summed E-state index contributed by atoms with van der Waals surface area (Å²) in [5.74, 6) is 1.90. The Hall–Kier alpha value is -2.74. The number of fused-ring (bicyclic) bond motifs is 4. The van der Waals surface area contributed by atoms with Crippen LogP contribution in [0.3, 0.4) is 0 Å². The molecule has 0 radical (unpaired) electrons. The van der Waals surface area contributed by atoms with Gasteiger partial charge in [0.2, 0.25) is 5.78 Å². The molecular weight excluding hydrogens is 525 g/mol. The van der Waals surface area contributed by atoms with E-state index in [2.05, 4.69) is 4.90 Å². The summed E-state index contributed by atoms with van der Waals surface area (Å²) in [6.07, 6.45) is 2.41. The summed E-state index contributed by atoms with van der Waals surface area (Å²) < 4.78 is 23.2. The lowest BCUT2D eigenvalue weighted by molar-refractivity contribution is -0.0165. The van der Waals surface area contributed by atoms with E-state index in [1.807, 2.05) is 18.2 Å². The smallest absolute Gasteiger partial charge is 0.231 e. The van der Waals surface area contributed by atoms with E-state index < -0.39 is 0 Å². The maximum Gasteiger partial charge on any atom is 0.231 e. The number of hydrogen-bond acceptors (Lipinski definition) is 6. The normalized spacial score (nSPS) is 17.6. The molecule has 0 aliphatic carbocycles. The summed E-state index contributed by atoms with van der Waals surface area (Å²) in [7, 11) is 0. The topological polar surface area (TPSA) is 57.2 Å². The molecule has 9 heteroatoms. The van der Waals surface area contributed by atoms with Crippen molar-refractivity contribution in [2.75, 3.05) is 20.1 Å². The molecule has 184 valence electrons. The number of hydrogen-bond donors (Lipinski definition) is 0. The van der Waals surface area contributed by atoms with Crippen LogP contribution in [0.15, 0.2) is 48.2 Å². The van der Waals surface area contributed by atoms with Crippen LogP contribution in [0.4, 0.5) is 0 Å². The molecule has 0 saturated carbocycles. The third kappa shape index (κ3) is 4.44. The first-order valence-electron chi connectivity index (χ1n) is 11.4. The van der Waals surface area contributed by atoms with Crippen LogP contribution in [0.5, 0.6) is 17.2 Å². The van der Waals surface area contributed by atoms with Gasteiger partial charge in [0.1, 0.15) is 24.0 Å². The summed E-state index contributed by atoms with van der Waals surface area (Å²) in [4.78, 5) is 15.4. The number of ketones is 1. The molecule has 3 heterocycles. The molecule has 0 bridgehead atoms. The van der Waals surface area contributed by atoms with Gasteiger partial charge in [-0.1, -0.05) is 40.9 Å². The highest BCUT2D eigenvalue weighted by Gasteiger charge is 2.34. The number of rotatable bonds is 4. The van der Waals surface area contributed by atoms with Crippen molar-refractivity contribution in [2.24, 2.45) is 0 Å². The van der Waals surface area contributed by atoms with Crippen LogP contribution in [0.2, 0.25) is 15.1 Å². The SMILES string of the molecule is O=C1/C(=C/c2cc(Cl)cc3c2OCOC3)Oc2c1ccc1c2CN(CCc2ccc(Cl)cc2Cl)CO1. The Morgan fingerprint density at radius 1 is 0.972 bits per heavy atom. The number of carbonyl (C=O) groups is 1. The fraction of sp³-hybridized carbons (Fsp3) is 0.222. The van der Waals surface area contributed by atoms with Crippen molar-refractivity contribution in [1.82, 2.24) is 4.90 Å². The molecule has 0 fully saturated rings. The third-order valence-electron chi connectivity index (χ3n) is 6.38. The molecule has 3 aliphatic heterocycles. The summed E-state index contributed by atoms with van der Waals surface area (Å²) >= 11 is 18.6. The molecule has 0 spiro atoms. The van der Waals surface area contributed by atoms with E-state index in [0.717, 1.165) is 29.7 Å². The van der Waals surface area contributed by atoms with E-state index in [1.165, 1.54) is 0 Å². The molecule has 0 N–H and O–H groups in total. The first-order chi connectivity index (χ1) is 17.5. The van der Waals surface area contributed by atoms with Crippen LogP contribution in [-0.4, -0.2) is 30.8 Å². The lowest BCUT2D eigenvalue weighted by atomic mass is 10.0. The fourth-order valence-corrected chi connectivity index (χ4v) is 5.36. The van der Waals surface area contributed by atoms with Gasteiger partial charge < -0.3 is 18.9 Å². The zero-order valence-corrected chi connectivity index (χ0v) is 21.3. The van der Waals surface area contributed by atoms with E-state index in [0.29, 0.717) is 63.3 Å². The summed E-state index contributed by atoms with van der Waals surface area (Å²) in [6, 6.07) is 12.6. The fourth-order valence-electron chi connectivity index (χ4n) is 4.61. The van der Waals surface area contributed by atoms with Crippen LogP contribution < -0.4 is 14.2 Å². The molecule has 0 aromatic heterocycles. The van der Waals surface area contributed by atoms with Gasteiger partial charge in [0.15, 0.2) is 12.6 Å². The van der Waals surface area contributed by atoms with Gasteiger partial charge in [-0.3, -0.25) is 9.69 Å². The summed E-state index contributed by atoms with van der Waals surface area (Å²) in [6.45, 7) is 2.26. The predicted molar refractivity (Wildman–Crippen MR) is 137 cm³/mol. The first kappa shape index (κ1) is 23.6. The van der Waals surface area contributed by atoms with Crippen molar-refractivity contribution in [3.63, 3.8) is 0 Å². The molecule has 6 rings (SSSR count). The Labute approximate surface area is 222 Å². The Kier molecular flexibility index (Phi) is 6.32. The van der Waals surface area contributed by atoms with Crippen molar-refractivity contribution in [3.05, 3.63) is 91.1 Å². The van der Waals surface area contributed by atoms with Gasteiger partial charge in [-0.15, -0.1) is 0 Å². The van der Waals surface area contributed by atoms with Gasteiger partial charge in [0, 0.05) is 39.3 Å². The third-order valence-corrected chi connectivity index (χ3v) is 7.19. The zero-order valence-electron chi connectivity index (χ0n) is 19.0. The van der Waals surface area contributed by atoms with E-state index in [-0.39, 0.29) is 18.3 Å². The molecule has 0 saturated heterocycles. The minimum absolute atomic E-state index is 0.141. The number of Topliss-reactive ketones (excluding diaryl/α,β-unsaturated/α-hetero) is 1. The molecule has 3 aliphatic rings. The van der Waals surface area contributed by atoms with Crippen molar-refractivity contribution >= 4 is 46.7 Å². The van der Waals surface area contributed by atoms with Crippen LogP contribution >= 0.6 is 34.8 Å². The molecule has 0 atom stereocenters. The van der Waals surface area contributed by atoms with Crippen molar-refractivity contribution < 1.29 is 23.7 Å². The minimum Gasteiger partial charge on any atom is -0.478 e. The van der Waals surface area contributed by atoms with Crippen LogP contribution in [0.1, 0.15) is 32.6 Å². The van der Waals surface area contributed by atoms with Gasteiger partial charge in [-0.05, 0) is 54.5 Å². The number of halogens is 3. The Balaban J connectivity index is 1.25. The van der Waals surface area contributed by atoms with Gasteiger partial charge in [0.25, 0.3) is 0 Å². The Bertz CT molecular complexity index is 1420. The maximum atomic E-state index is 13.2. The lowest BCUT2D eigenvalue weighted by Gasteiger charge is -2.29. The molecular formula is C27H20Cl3NO5. The van der Waals surface area contributed by atoms with Crippen LogP contribution in [-0.2, 0) is 24.3 Å². The number of carbonyl (C=O) groups excluding carboxylic acids is 1. The average Bonchev–Trinajstić information content (AvgIpc) is 3.19. The quantitative estimate of drug-likeness (QED) is 0.348. The van der Waals surface area contributed by atoms with Crippen molar-refractivity contribution in [1.29, 1.82) is 0 Å². The predicted octanol–water partition coefficient (Wildman–Crippen LogP) is 6.52. The molecule has 6 nitrogen and oxygen atoms in total. The highest BCUT2D eigenvalue weighted by Crippen LogP contribution is 2.43. The molecule has 36 heavy (non-hydrogen) atoms. The standard InChI is InChI=1S/C27H20Cl3NO5/c28-18-2-1-15(22(30)10-18)5-6-31-11-21-23(34-13-31)4-3-20-25(32)24(36-27(20)21)9-16-7-19(29)8-17-12-33-14-35-26(16)17/h1-4,7-10H,5-6,11-14H2/b24-9-. The monoisotopic (exact) mass is 543 g/mol. The van der Waals surface area contributed by atoms with Crippen molar-refractivity contribution in [2.45, 2.75) is 19.6 Å². The minimum atomic E-state index is -0.196. The highest BCUT2D eigenvalue weighted by atomic mass is 35.5. The second kappa shape index (κ2) is 9.61. The molecule has 0 unspecified atom stereocenters. The lowest BCUT2D eigenvalue weighted by Crippen LogP contribution is -2.33. The van der Waals surface area contributed by atoms with E-state index in [9.17, 15) is 4.79 Å². The van der Waals surface area contributed by atoms with Crippen molar-refractivity contribution in [3.8, 4) is 17.2 Å². The molecule has 3 aromatic rings. The number of allylic oxidation sites excluding steroid dienone is 1. The van der Waals surface area contributed by atoms with Gasteiger partial charge in [-0.2, -0.15) is 0 Å². The largest absolute Gasteiger partial charge is 0.478 e. The second-order valence-corrected chi connectivity index (χ2v) is 10.0. The van der Waals surface area contributed by atoms with E-state index in [1.54, 1.807) is 30.3 Å². The van der Waals surface area contributed by atoms with Crippen LogP contribution in [0.25, 0.3) is 6.08 Å². The van der Waals surface area contributed by atoms with Gasteiger partial charge in [0.05, 0.1) is 17.7 Å². The number of ether oxygens (including phenoxy) is 4. The van der Waals surface area contributed by atoms with Crippen LogP contribution in [0, 0.1) is 0 Å². The average molecular weight is 545 g/mol. The highest BCUT2D eigenvalue weighted by molar-refractivity contribution is 6.35. The maximum absolute atomic E-state index is 13.2. The van der Waals surface area contributed by atoms with E-state index >= 15 is 0 Å². The van der Waals surface area contributed by atoms with Gasteiger partial charge >= 0.3 is 0 Å². The summed E-state index contributed by atoms with van der Waals surface area (Å²) in [5.41, 5.74) is 3.86. The second-order valence-electron chi connectivity index (χ2n) is 8.76. The van der Waals surface area contributed by atoms with E-state index in [4.69, 9.17) is 53.8 Å². The summed E-state index contributed by atoms with van der Waals surface area (Å²) in [5, 5.41) is 1.78. The molecule has 3 aromatic carbocycles. The Morgan fingerprint density at radius 3 is 2.72 bits per heavy atom. The Morgan fingerprint density at radius 2 is 1.86 bits per heavy atom. The number of nitrogens with zero attached hydrogens (tertiary/aromatic N) is 1. The zero-order chi connectivity index (χ0) is 24.8.